The van der Waals surface area contributed by atoms with E-state index in [1.807, 2.05) is 26.8 Å². The van der Waals surface area contributed by atoms with Crippen molar-refractivity contribution in [1.82, 2.24) is 15.6 Å². The Labute approximate surface area is 118 Å². The van der Waals surface area contributed by atoms with Gasteiger partial charge in [0.25, 0.3) is 0 Å². The van der Waals surface area contributed by atoms with E-state index in [9.17, 15) is 9.59 Å². The molecule has 0 saturated heterocycles. The summed E-state index contributed by atoms with van der Waals surface area (Å²) in [6.45, 7) is 6.06. The monoisotopic (exact) mass is 279 g/mol. The van der Waals surface area contributed by atoms with Gasteiger partial charge in [0.05, 0.1) is 6.42 Å². The van der Waals surface area contributed by atoms with Gasteiger partial charge in [0, 0.05) is 25.0 Å². The second kappa shape index (κ2) is 7.47. The number of nitrogens with one attached hydrogen (secondary N) is 2. The van der Waals surface area contributed by atoms with Crippen LogP contribution in [0.2, 0.25) is 0 Å². The Hall–Kier alpha value is -2.11. The van der Waals surface area contributed by atoms with E-state index >= 15 is 0 Å². The summed E-state index contributed by atoms with van der Waals surface area (Å²) >= 11 is 0. The van der Waals surface area contributed by atoms with Crippen molar-refractivity contribution in [1.29, 1.82) is 0 Å². The second-order valence-corrected chi connectivity index (χ2v) is 5.08. The smallest absolute Gasteiger partial charge is 0.315 e. The fraction of sp³-hybridized carbons (Fsp3) is 0.500. The lowest BCUT2D eigenvalue weighted by atomic mass is 10.0. The van der Waals surface area contributed by atoms with E-state index in [0.717, 1.165) is 11.1 Å². The predicted octanol–water partition coefficient (Wildman–Crippen LogP) is 1.69. The first-order chi connectivity index (χ1) is 9.40. The molecule has 0 aliphatic carbocycles. The third kappa shape index (κ3) is 5.26. The fourth-order valence-corrected chi connectivity index (χ4v) is 1.74. The van der Waals surface area contributed by atoms with Crippen molar-refractivity contribution in [2.45, 2.75) is 39.8 Å². The number of amides is 2. The topological polar surface area (TPSA) is 91.3 Å². The van der Waals surface area contributed by atoms with E-state index < -0.39 is 5.97 Å². The minimum atomic E-state index is -0.922. The number of hydrogen-bond donors (Lipinski definition) is 3. The average Bonchev–Trinajstić information content (AvgIpc) is 2.36. The summed E-state index contributed by atoms with van der Waals surface area (Å²) in [5.41, 5.74) is 1.98. The Balaban J connectivity index is 2.50. The van der Waals surface area contributed by atoms with Crippen LogP contribution in [0.15, 0.2) is 18.5 Å². The molecule has 2 amide bonds. The molecule has 0 bridgehead atoms. The van der Waals surface area contributed by atoms with Crippen LogP contribution in [-0.4, -0.2) is 28.1 Å². The molecule has 1 rings (SSSR count). The predicted molar refractivity (Wildman–Crippen MR) is 75.2 cm³/mol. The largest absolute Gasteiger partial charge is 0.481 e. The number of aromatic nitrogens is 1. The quantitative estimate of drug-likeness (QED) is 0.739. The van der Waals surface area contributed by atoms with Gasteiger partial charge in [-0.15, -0.1) is 0 Å². The number of hydrogen-bond acceptors (Lipinski definition) is 3. The summed E-state index contributed by atoms with van der Waals surface area (Å²) in [6, 6.07) is 1.10. The summed E-state index contributed by atoms with van der Waals surface area (Å²) in [7, 11) is 0. The normalized spacial score (nSPS) is 12.0. The minimum Gasteiger partial charge on any atom is -0.481 e. The van der Waals surface area contributed by atoms with Crippen molar-refractivity contribution in [3.63, 3.8) is 0 Å². The van der Waals surface area contributed by atoms with Gasteiger partial charge < -0.3 is 15.7 Å². The Morgan fingerprint density at radius 3 is 2.65 bits per heavy atom. The lowest BCUT2D eigenvalue weighted by molar-refractivity contribution is -0.137. The molecule has 0 aliphatic rings. The van der Waals surface area contributed by atoms with Crippen molar-refractivity contribution < 1.29 is 14.7 Å². The number of rotatable bonds is 6. The molecule has 0 aromatic carbocycles. The first kappa shape index (κ1) is 15.9. The molecular weight excluding hydrogens is 258 g/mol. The van der Waals surface area contributed by atoms with Crippen LogP contribution in [0.4, 0.5) is 4.79 Å². The van der Waals surface area contributed by atoms with Gasteiger partial charge in [-0.1, -0.05) is 13.8 Å². The van der Waals surface area contributed by atoms with E-state index in [1.165, 1.54) is 0 Å². The zero-order valence-corrected chi connectivity index (χ0v) is 12.0. The molecule has 0 saturated carbocycles. The molecule has 1 aromatic rings. The number of carbonyl (C=O) groups is 2. The third-order valence-electron chi connectivity index (χ3n) is 3.09. The molecule has 110 valence electrons. The first-order valence-electron chi connectivity index (χ1n) is 6.55. The van der Waals surface area contributed by atoms with Gasteiger partial charge >= 0.3 is 12.0 Å². The minimum absolute atomic E-state index is 0.0551. The summed E-state index contributed by atoms with van der Waals surface area (Å²) < 4.78 is 0. The van der Waals surface area contributed by atoms with Crippen molar-refractivity contribution >= 4 is 12.0 Å². The Bertz CT molecular complexity index is 474. The lowest BCUT2D eigenvalue weighted by Crippen LogP contribution is -2.45. The van der Waals surface area contributed by atoms with Crippen molar-refractivity contribution in [2.75, 3.05) is 0 Å². The summed E-state index contributed by atoms with van der Waals surface area (Å²) in [5.74, 6) is -0.867. The van der Waals surface area contributed by atoms with E-state index in [0.29, 0.717) is 6.54 Å². The third-order valence-corrected chi connectivity index (χ3v) is 3.09. The van der Waals surface area contributed by atoms with Crippen LogP contribution in [-0.2, 0) is 11.3 Å². The van der Waals surface area contributed by atoms with Crippen molar-refractivity contribution in [2.24, 2.45) is 5.92 Å². The van der Waals surface area contributed by atoms with Crippen LogP contribution in [0.3, 0.4) is 0 Å². The SMILES string of the molecule is Cc1cnccc1CNC(=O)NC(CC(=O)O)C(C)C. The van der Waals surface area contributed by atoms with Gasteiger partial charge in [0.1, 0.15) is 0 Å². The summed E-state index contributed by atoms with van der Waals surface area (Å²) in [4.78, 5) is 26.5. The van der Waals surface area contributed by atoms with Gasteiger partial charge in [-0.3, -0.25) is 9.78 Å². The number of aryl methyl sites for hydroxylation is 1. The van der Waals surface area contributed by atoms with E-state index in [1.54, 1.807) is 12.4 Å². The van der Waals surface area contributed by atoms with Gasteiger partial charge in [0.2, 0.25) is 0 Å². The molecule has 1 atom stereocenters. The average molecular weight is 279 g/mol. The summed E-state index contributed by atoms with van der Waals surface area (Å²) in [6.07, 6.45) is 3.32. The maximum atomic E-state index is 11.8. The molecule has 1 aromatic heterocycles. The Morgan fingerprint density at radius 1 is 1.40 bits per heavy atom. The molecule has 1 heterocycles. The molecule has 3 N–H and O–H groups in total. The van der Waals surface area contributed by atoms with Crippen LogP contribution >= 0.6 is 0 Å². The first-order valence-corrected chi connectivity index (χ1v) is 6.55. The molecule has 20 heavy (non-hydrogen) atoms. The van der Waals surface area contributed by atoms with Crippen LogP contribution in [0.5, 0.6) is 0 Å². The molecule has 6 nitrogen and oxygen atoms in total. The Kier molecular flexibility index (Phi) is 5.96. The maximum absolute atomic E-state index is 11.8. The zero-order chi connectivity index (χ0) is 15.1. The zero-order valence-electron chi connectivity index (χ0n) is 12.0. The molecule has 6 heteroatoms. The molecule has 1 unspecified atom stereocenters. The van der Waals surface area contributed by atoms with Crippen LogP contribution in [0.1, 0.15) is 31.4 Å². The summed E-state index contributed by atoms with van der Waals surface area (Å²) in [5, 5.41) is 14.2. The van der Waals surface area contributed by atoms with Crippen molar-refractivity contribution in [3.05, 3.63) is 29.6 Å². The van der Waals surface area contributed by atoms with E-state index in [2.05, 4.69) is 15.6 Å². The molecule has 0 spiro atoms. The molecular formula is C14H21N3O3. The molecule has 0 aliphatic heterocycles. The van der Waals surface area contributed by atoms with Gasteiger partial charge in [0.15, 0.2) is 0 Å². The number of pyridine rings is 1. The van der Waals surface area contributed by atoms with Crippen molar-refractivity contribution in [3.8, 4) is 0 Å². The number of carbonyl (C=O) groups excluding carboxylic acids is 1. The Morgan fingerprint density at radius 2 is 2.10 bits per heavy atom. The standard InChI is InChI=1S/C14H21N3O3/c1-9(2)12(6-13(18)19)17-14(20)16-8-11-4-5-15-7-10(11)3/h4-5,7,9,12H,6,8H2,1-3H3,(H,18,19)(H2,16,17,20). The van der Waals surface area contributed by atoms with E-state index in [-0.39, 0.29) is 24.4 Å². The van der Waals surface area contributed by atoms with Gasteiger partial charge in [-0.05, 0) is 30.0 Å². The molecule has 0 radical (unpaired) electrons. The van der Waals surface area contributed by atoms with Crippen LogP contribution < -0.4 is 10.6 Å². The number of carboxylic acids is 1. The maximum Gasteiger partial charge on any atom is 0.315 e. The second-order valence-electron chi connectivity index (χ2n) is 5.08. The highest BCUT2D eigenvalue weighted by Gasteiger charge is 2.19. The van der Waals surface area contributed by atoms with E-state index in [4.69, 9.17) is 5.11 Å². The highest BCUT2D eigenvalue weighted by atomic mass is 16.4. The number of urea groups is 1. The highest BCUT2D eigenvalue weighted by molar-refractivity contribution is 5.75. The molecule has 0 fully saturated rings. The highest BCUT2D eigenvalue weighted by Crippen LogP contribution is 2.07. The van der Waals surface area contributed by atoms with Gasteiger partial charge in [-0.2, -0.15) is 0 Å². The fourth-order valence-electron chi connectivity index (χ4n) is 1.74. The number of aliphatic carboxylic acids is 1. The lowest BCUT2D eigenvalue weighted by Gasteiger charge is -2.21. The number of carboxylic acid groups (broad SMARTS) is 1. The number of nitrogens with zero attached hydrogens (tertiary/aromatic N) is 1. The van der Waals surface area contributed by atoms with Crippen LogP contribution in [0, 0.1) is 12.8 Å². The van der Waals surface area contributed by atoms with Gasteiger partial charge in [-0.25, -0.2) is 4.79 Å². The van der Waals surface area contributed by atoms with Crippen LogP contribution in [0.25, 0.3) is 0 Å².